The predicted molar refractivity (Wildman–Crippen MR) is 113 cm³/mol. The Morgan fingerprint density at radius 3 is 2.58 bits per heavy atom. The molecule has 0 aliphatic heterocycles. The highest BCUT2D eigenvalue weighted by molar-refractivity contribution is 9.10. The van der Waals surface area contributed by atoms with Crippen molar-refractivity contribution in [1.29, 1.82) is 0 Å². The number of hydrogen-bond acceptors (Lipinski definition) is 3. The van der Waals surface area contributed by atoms with E-state index in [1.807, 2.05) is 56.5 Å². The summed E-state index contributed by atoms with van der Waals surface area (Å²) in [5, 5.41) is 5.77. The van der Waals surface area contributed by atoms with Crippen molar-refractivity contribution in [3.05, 3.63) is 63.6 Å². The molecule has 138 valence electrons. The van der Waals surface area contributed by atoms with Crippen LogP contribution >= 0.6 is 27.7 Å². The van der Waals surface area contributed by atoms with Gasteiger partial charge in [-0.15, -0.1) is 0 Å². The number of benzene rings is 2. The summed E-state index contributed by atoms with van der Waals surface area (Å²) < 4.78 is 0.988. The van der Waals surface area contributed by atoms with Crippen LogP contribution in [-0.2, 0) is 4.79 Å². The van der Waals surface area contributed by atoms with E-state index < -0.39 is 6.04 Å². The van der Waals surface area contributed by atoms with E-state index in [-0.39, 0.29) is 11.8 Å². The highest BCUT2D eigenvalue weighted by Gasteiger charge is 2.21. The van der Waals surface area contributed by atoms with Crippen molar-refractivity contribution in [3.8, 4) is 0 Å². The van der Waals surface area contributed by atoms with Gasteiger partial charge in [0.25, 0.3) is 5.91 Å². The molecular weight excluding hydrogens is 412 g/mol. The Balaban J connectivity index is 2.10. The molecule has 0 bridgehead atoms. The molecule has 0 saturated carbocycles. The van der Waals surface area contributed by atoms with Gasteiger partial charge in [-0.25, -0.2) is 0 Å². The molecule has 2 rings (SSSR count). The van der Waals surface area contributed by atoms with E-state index in [1.54, 1.807) is 17.8 Å². The molecule has 0 aliphatic rings. The average molecular weight is 435 g/mol. The summed E-state index contributed by atoms with van der Waals surface area (Å²) in [5.74, 6) is 0.342. The number of anilines is 1. The lowest BCUT2D eigenvalue weighted by atomic mass is 10.1. The van der Waals surface area contributed by atoms with Crippen molar-refractivity contribution >= 4 is 45.2 Å². The minimum absolute atomic E-state index is 0.207. The van der Waals surface area contributed by atoms with Gasteiger partial charge in [0.05, 0.1) is 0 Å². The molecule has 0 fully saturated rings. The predicted octanol–water partition coefficient (Wildman–Crippen LogP) is 4.56. The highest BCUT2D eigenvalue weighted by atomic mass is 79.9. The maximum Gasteiger partial charge on any atom is 0.251 e. The molecule has 2 aromatic rings. The molecule has 1 atom stereocenters. The normalized spacial score (nSPS) is 11.7. The number of carbonyl (C=O) groups excluding carboxylic acids is 2. The van der Waals surface area contributed by atoms with Gasteiger partial charge in [-0.3, -0.25) is 9.59 Å². The van der Waals surface area contributed by atoms with Crippen molar-refractivity contribution in [2.75, 3.05) is 17.3 Å². The van der Waals surface area contributed by atoms with Gasteiger partial charge in [0.2, 0.25) is 5.91 Å². The monoisotopic (exact) mass is 434 g/mol. The van der Waals surface area contributed by atoms with E-state index >= 15 is 0 Å². The molecule has 0 aromatic heterocycles. The van der Waals surface area contributed by atoms with Gasteiger partial charge < -0.3 is 10.6 Å². The fourth-order valence-corrected chi connectivity index (χ4v) is 3.20. The first-order chi connectivity index (χ1) is 12.4. The smallest absolute Gasteiger partial charge is 0.251 e. The number of rotatable bonds is 7. The van der Waals surface area contributed by atoms with Crippen LogP contribution in [-0.4, -0.2) is 29.9 Å². The zero-order chi connectivity index (χ0) is 19.1. The summed E-state index contributed by atoms with van der Waals surface area (Å²) in [6.07, 6.45) is 2.55. The first-order valence-electron chi connectivity index (χ1n) is 8.34. The number of amides is 2. The highest BCUT2D eigenvalue weighted by Crippen LogP contribution is 2.20. The molecule has 1 unspecified atom stereocenters. The summed E-state index contributed by atoms with van der Waals surface area (Å²) in [4.78, 5) is 25.2. The van der Waals surface area contributed by atoms with Crippen molar-refractivity contribution in [3.63, 3.8) is 0 Å². The van der Waals surface area contributed by atoms with Gasteiger partial charge in [0, 0.05) is 15.7 Å². The van der Waals surface area contributed by atoms with Gasteiger partial charge >= 0.3 is 0 Å². The Kier molecular flexibility index (Phi) is 7.72. The Morgan fingerprint density at radius 2 is 1.92 bits per heavy atom. The number of hydrogen-bond donors (Lipinski definition) is 2. The Bertz CT molecular complexity index is 795. The van der Waals surface area contributed by atoms with E-state index in [2.05, 4.69) is 26.6 Å². The molecule has 2 aromatic carbocycles. The first-order valence-corrected chi connectivity index (χ1v) is 10.5. The van der Waals surface area contributed by atoms with Gasteiger partial charge in [0.15, 0.2) is 0 Å². The Morgan fingerprint density at radius 1 is 1.15 bits per heavy atom. The summed E-state index contributed by atoms with van der Waals surface area (Å²) in [6.45, 7) is 3.90. The lowest BCUT2D eigenvalue weighted by Gasteiger charge is -2.18. The first kappa shape index (κ1) is 20.5. The van der Waals surface area contributed by atoms with Crippen LogP contribution in [0.5, 0.6) is 0 Å². The van der Waals surface area contributed by atoms with Crippen molar-refractivity contribution in [1.82, 2.24) is 5.32 Å². The molecule has 4 nitrogen and oxygen atoms in total. The third-order valence-corrected chi connectivity index (χ3v) is 5.47. The molecule has 26 heavy (non-hydrogen) atoms. The lowest BCUT2D eigenvalue weighted by Crippen LogP contribution is -2.44. The van der Waals surface area contributed by atoms with E-state index in [9.17, 15) is 9.59 Å². The summed E-state index contributed by atoms with van der Waals surface area (Å²) in [6, 6.07) is 12.4. The topological polar surface area (TPSA) is 58.2 Å². The van der Waals surface area contributed by atoms with Gasteiger partial charge in [0.1, 0.15) is 6.04 Å². The van der Waals surface area contributed by atoms with Crippen LogP contribution in [0.3, 0.4) is 0 Å². The maximum atomic E-state index is 12.7. The second-order valence-corrected chi connectivity index (χ2v) is 7.97. The fraction of sp³-hybridized carbons (Fsp3) is 0.300. The minimum atomic E-state index is -0.584. The van der Waals surface area contributed by atoms with Crippen LogP contribution in [0.4, 0.5) is 5.69 Å². The Hall–Kier alpha value is -1.79. The zero-order valence-electron chi connectivity index (χ0n) is 15.1. The molecule has 0 spiro atoms. The zero-order valence-corrected chi connectivity index (χ0v) is 17.5. The van der Waals surface area contributed by atoms with E-state index in [1.165, 1.54) is 0 Å². The van der Waals surface area contributed by atoms with E-state index in [4.69, 9.17) is 0 Å². The summed E-state index contributed by atoms with van der Waals surface area (Å²) >= 11 is 5.10. The van der Waals surface area contributed by atoms with Gasteiger partial charge in [-0.1, -0.05) is 33.6 Å². The molecule has 2 amide bonds. The second kappa shape index (κ2) is 9.78. The lowest BCUT2D eigenvalue weighted by molar-refractivity contribution is -0.118. The molecular formula is C20H23BrN2O2S. The Labute approximate surface area is 167 Å². The molecule has 0 saturated heterocycles. The number of nitrogens with one attached hydrogen (secondary N) is 2. The standard InChI is InChI=1S/C20H23BrN2O2S/c1-13-5-4-6-15(11-13)19(24)23-18(9-10-26-3)20(25)22-16-7-8-17(21)14(2)12-16/h4-8,11-12,18H,9-10H2,1-3H3,(H,22,25)(H,23,24). The maximum absolute atomic E-state index is 12.7. The van der Waals surface area contributed by atoms with E-state index in [0.717, 1.165) is 27.0 Å². The minimum Gasteiger partial charge on any atom is -0.340 e. The third kappa shape index (κ3) is 5.88. The second-order valence-electron chi connectivity index (χ2n) is 6.13. The molecule has 2 N–H and O–H groups in total. The summed E-state index contributed by atoms with van der Waals surface area (Å²) in [7, 11) is 0. The number of aryl methyl sites for hydroxylation is 2. The van der Waals surface area contributed by atoms with Crippen LogP contribution in [0.25, 0.3) is 0 Å². The quantitative estimate of drug-likeness (QED) is 0.671. The summed E-state index contributed by atoms with van der Waals surface area (Å²) in [5.41, 5.74) is 3.32. The van der Waals surface area contributed by atoms with Crippen molar-refractivity contribution in [2.45, 2.75) is 26.3 Å². The van der Waals surface area contributed by atoms with E-state index in [0.29, 0.717) is 12.0 Å². The average Bonchev–Trinajstić information content (AvgIpc) is 2.61. The van der Waals surface area contributed by atoms with Gasteiger partial charge in [-0.2, -0.15) is 11.8 Å². The third-order valence-electron chi connectivity index (χ3n) is 3.94. The van der Waals surface area contributed by atoms with Crippen LogP contribution in [0.2, 0.25) is 0 Å². The van der Waals surface area contributed by atoms with Crippen molar-refractivity contribution in [2.24, 2.45) is 0 Å². The van der Waals surface area contributed by atoms with Crippen LogP contribution in [0, 0.1) is 13.8 Å². The molecule has 0 radical (unpaired) electrons. The molecule has 6 heteroatoms. The van der Waals surface area contributed by atoms with Crippen LogP contribution in [0.15, 0.2) is 46.9 Å². The molecule has 0 aliphatic carbocycles. The molecule has 0 heterocycles. The fourth-order valence-electron chi connectivity index (χ4n) is 2.48. The van der Waals surface area contributed by atoms with Crippen LogP contribution in [0.1, 0.15) is 27.9 Å². The van der Waals surface area contributed by atoms with Crippen LogP contribution < -0.4 is 10.6 Å². The largest absolute Gasteiger partial charge is 0.340 e. The van der Waals surface area contributed by atoms with Gasteiger partial charge in [-0.05, 0) is 68.2 Å². The van der Waals surface area contributed by atoms with Crippen molar-refractivity contribution < 1.29 is 9.59 Å². The SMILES string of the molecule is CSCCC(NC(=O)c1cccc(C)c1)C(=O)Nc1ccc(Br)c(C)c1. The number of carbonyl (C=O) groups is 2. The number of halogens is 1. The number of thioether (sulfide) groups is 1.